The van der Waals surface area contributed by atoms with Crippen LogP contribution < -0.4 is 5.56 Å². The maximum atomic E-state index is 13.8. The van der Waals surface area contributed by atoms with Gasteiger partial charge in [-0.25, -0.2) is 9.78 Å². The highest BCUT2D eigenvalue weighted by Gasteiger charge is 2.47. The van der Waals surface area contributed by atoms with Gasteiger partial charge in [0.25, 0.3) is 5.56 Å². The van der Waals surface area contributed by atoms with E-state index in [0.717, 1.165) is 35.7 Å². The molecular weight excluding hydrogens is 468 g/mol. The van der Waals surface area contributed by atoms with E-state index in [0.29, 0.717) is 23.8 Å². The molecule has 8 nitrogen and oxygen atoms in total. The largest absolute Gasteiger partial charge is 0.479 e. The second-order valence-corrected chi connectivity index (χ2v) is 11.8. The summed E-state index contributed by atoms with van der Waals surface area (Å²) in [5, 5.41) is 12.7. The van der Waals surface area contributed by atoms with E-state index in [-0.39, 0.29) is 17.3 Å². The topological polar surface area (TPSA) is 97.0 Å². The van der Waals surface area contributed by atoms with Gasteiger partial charge in [-0.05, 0) is 75.8 Å². The SMILES string of the molecule is CC(=NOCC(=O)O)c1nc2ccccc2n(C2CC3CCC(C2)N3C2CC3CCCCC(C3)C2)c1=O. The van der Waals surface area contributed by atoms with Gasteiger partial charge in [-0.1, -0.05) is 43.0 Å². The monoisotopic (exact) mass is 506 g/mol. The van der Waals surface area contributed by atoms with Crippen LogP contribution in [-0.4, -0.2) is 56.0 Å². The number of piperidine rings is 1. The third-order valence-corrected chi connectivity index (χ3v) is 9.43. The molecule has 37 heavy (non-hydrogen) atoms. The van der Waals surface area contributed by atoms with E-state index < -0.39 is 12.6 Å². The first kappa shape index (κ1) is 24.6. The van der Waals surface area contributed by atoms with Crippen LogP contribution in [0.5, 0.6) is 0 Å². The Balaban J connectivity index is 1.29. The molecule has 0 amide bonds. The molecule has 1 aromatic heterocycles. The number of hydrogen-bond donors (Lipinski definition) is 1. The van der Waals surface area contributed by atoms with Gasteiger partial charge in [0.2, 0.25) is 6.61 Å². The van der Waals surface area contributed by atoms with Crippen LogP contribution >= 0.6 is 0 Å². The van der Waals surface area contributed by atoms with Crippen LogP contribution in [0.1, 0.15) is 89.3 Å². The molecule has 2 aliphatic heterocycles. The fourth-order valence-corrected chi connectivity index (χ4v) is 8.08. The van der Waals surface area contributed by atoms with Crippen molar-refractivity contribution in [3.8, 4) is 0 Å². The number of nitrogens with zero attached hydrogens (tertiary/aromatic N) is 4. The molecule has 1 N–H and O–H groups in total. The Bertz CT molecular complexity index is 1230. The van der Waals surface area contributed by atoms with Crippen molar-refractivity contribution in [2.75, 3.05) is 6.61 Å². The lowest BCUT2D eigenvalue weighted by molar-refractivity contribution is -0.142. The van der Waals surface area contributed by atoms with E-state index in [2.05, 4.69) is 15.0 Å². The first-order valence-electron chi connectivity index (χ1n) is 14.2. The second-order valence-electron chi connectivity index (χ2n) is 11.8. The summed E-state index contributed by atoms with van der Waals surface area (Å²) in [5.74, 6) is 0.700. The number of oxime groups is 1. The highest BCUT2D eigenvalue weighted by Crippen LogP contribution is 2.47. The van der Waals surface area contributed by atoms with Crippen molar-refractivity contribution in [2.45, 2.75) is 102 Å². The molecule has 4 aliphatic rings. The zero-order valence-electron chi connectivity index (χ0n) is 21.7. The Morgan fingerprint density at radius 3 is 2.32 bits per heavy atom. The lowest BCUT2D eigenvalue weighted by Crippen LogP contribution is -2.52. The molecule has 1 aromatic carbocycles. The maximum Gasteiger partial charge on any atom is 0.344 e. The number of carbonyl (C=O) groups is 1. The summed E-state index contributed by atoms with van der Waals surface area (Å²) in [6.07, 6.45) is 14.2. The van der Waals surface area contributed by atoms with Crippen LogP contribution in [0.15, 0.2) is 34.2 Å². The fourth-order valence-electron chi connectivity index (χ4n) is 8.08. The van der Waals surface area contributed by atoms with Crippen LogP contribution in [0.2, 0.25) is 0 Å². The normalized spacial score (nSPS) is 32.3. The maximum absolute atomic E-state index is 13.8. The molecule has 4 fully saturated rings. The van der Waals surface area contributed by atoms with Gasteiger partial charge in [0, 0.05) is 24.2 Å². The molecule has 2 saturated carbocycles. The summed E-state index contributed by atoms with van der Waals surface area (Å²) in [7, 11) is 0. The quantitative estimate of drug-likeness (QED) is 0.449. The summed E-state index contributed by atoms with van der Waals surface area (Å²) in [4.78, 5) is 37.1. The first-order valence-corrected chi connectivity index (χ1v) is 14.2. The number of hydrogen-bond acceptors (Lipinski definition) is 6. The number of rotatable bonds is 6. The average Bonchev–Trinajstić information content (AvgIpc) is 3.03. The highest BCUT2D eigenvalue weighted by molar-refractivity contribution is 5.97. The number of benzene rings is 1. The molecular formula is C29H38N4O4. The molecule has 3 heterocycles. The minimum atomic E-state index is -1.11. The summed E-state index contributed by atoms with van der Waals surface area (Å²) in [6.45, 7) is 1.10. The molecule has 6 rings (SSSR count). The molecule has 8 heteroatoms. The second kappa shape index (κ2) is 10.2. The predicted molar refractivity (Wildman–Crippen MR) is 142 cm³/mol. The van der Waals surface area contributed by atoms with E-state index in [1.54, 1.807) is 6.92 Å². The number of carboxylic acids is 1. The lowest BCUT2D eigenvalue weighted by atomic mass is 9.76. The minimum Gasteiger partial charge on any atom is -0.479 e. The molecule has 0 radical (unpaired) electrons. The van der Waals surface area contributed by atoms with Gasteiger partial charge in [0.1, 0.15) is 5.71 Å². The van der Waals surface area contributed by atoms with Crippen molar-refractivity contribution < 1.29 is 14.7 Å². The molecule has 2 aliphatic carbocycles. The average molecular weight is 507 g/mol. The van der Waals surface area contributed by atoms with Crippen LogP contribution in [0, 0.1) is 11.8 Å². The number of carboxylic acid groups (broad SMARTS) is 1. The molecule has 198 valence electrons. The van der Waals surface area contributed by atoms with Gasteiger partial charge in [-0.3, -0.25) is 9.69 Å². The van der Waals surface area contributed by atoms with Crippen LogP contribution in [0.4, 0.5) is 0 Å². The van der Waals surface area contributed by atoms with Gasteiger partial charge in [0.15, 0.2) is 5.69 Å². The first-order chi connectivity index (χ1) is 18.0. The molecule has 4 atom stereocenters. The van der Waals surface area contributed by atoms with Gasteiger partial charge in [-0.2, -0.15) is 0 Å². The number of aromatic nitrogens is 2. The van der Waals surface area contributed by atoms with E-state index in [4.69, 9.17) is 9.94 Å². The summed E-state index contributed by atoms with van der Waals surface area (Å²) < 4.78 is 1.96. The van der Waals surface area contributed by atoms with Crippen molar-refractivity contribution in [1.29, 1.82) is 0 Å². The predicted octanol–water partition coefficient (Wildman–Crippen LogP) is 4.75. The molecule has 2 saturated heterocycles. The Hall–Kier alpha value is -2.74. The fraction of sp³-hybridized carbons (Fsp3) is 0.655. The van der Waals surface area contributed by atoms with Crippen LogP contribution in [0.25, 0.3) is 11.0 Å². The van der Waals surface area contributed by atoms with Gasteiger partial charge < -0.3 is 14.5 Å². The Labute approximate surface area is 217 Å². The number of para-hydroxylation sites is 2. The van der Waals surface area contributed by atoms with E-state index >= 15 is 0 Å². The Kier molecular flexibility index (Phi) is 6.78. The van der Waals surface area contributed by atoms with Crippen molar-refractivity contribution in [3.05, 3.63) is 40.3 Å². The standard InChI is InChI=1S/C29H38N4O4/c1-18(31-37-17-27(34)35)28-29(36)33(26-9-5-4-8-25(26)30-28)24-15-21-10-11-22(16-24)32(21)23-13-19-6-2-3-7-20(12-19)14-23/h4-5,8-9,19-24H,2-3,6-7,10-17H2,1H3,(H,34,35). The molecule has 0 spiro atoms. The summed E-state index contributed by atoms with van der Waals surface area (Å²) >= 11 is 0. The zero-order valence-corrected chi connectivity index (χ0v) is 21.7. The van der Waals surface area contributed by atoms with E-state index in [9.17, 15) is 9.59 Å². The minimum absolute atomic E-state index is 0.117. The molecule has 2 aromatic rings. The highest BCUT2D eigenvalue weighted by atomic mass is 16.6. The van der Waals surface area contributed by atoms with E-state index in [1.807, 2.05) is 28.8 Å². The molecule has 4 bridgehead atoms. The van der Waals surface area contributed by atoms with Crippen molar-refractivity contribution >= 4 is 22.7 Å². The van der Waals surface area contributed by atoms with Crippen LogP contribution in [-0.2, 0) is 9.63 Å². The van der Waals surface area contributed by atoms with Crippen molar-refractivity contribution in [2.24, 2.45) is 17.0 Å². The smallest absolute Gasteiger partial charge is 0.344 e. The van der Waals surface area contributed by atoms with Gasteiger partial charge in [0.05, 0.1) is 11.0 Å². The van der Waals surface area contributed by atoms with Crippen LogP contribution in [0.3, 0.4) is 0 Å². The summed E-state index contributed by atoms with van der Waals surface area (Å²) in [6, 6.07) is 9.69. The summed E-state index contributed by atoms with van der Waals surface area (Å²) in [5.41, 5.74) is 1.97. The number of fused-ring (bicyclic) bond motifs is 5. The third kappa shape index (κ3) is 4.80. The van der Waals surface area contributed by atoms with Gasteiger partial charge >= 0.3 is 5.97 Å². The lowest BCUT2D eigenvalue weighted by Gasteiger charge is -2.48. The third-order valence-electron chi connectivity index (χ3n) is 9.43. The number of aliphatic carboxylic acids is 1. The zero-order chi connectivity index (χ0) is 25.5. The Morgan fingerprint density at radius 2 is 1.65 bits per heavy atom. The Morgan fingerprint density at radius 1 is 0.973 bits per heavy atom. The van der Waals surface area contributed by atoms with Crippen molar-refractivity contribution in [3.63, 3.8) is 0 Å². The van der Waals surface area contributed by atoms with E-state index in [1.165, 1.54) is 57.8 Å². The van der Waals surface area contributed by atoms with Crippen molar-refractivity contribution in [1.82, 2.24) is 14.5 Å². The molecule has 4 unspecified atom stereocenters. The van der Waals surface area contributed by atoms with Gasteiger partial charge in [-0.15, -0.1) is 0 Å².